The van der Waals surface area contributed by atoms with Crippen molar-refractivity contribution in [3.63, 3.8) is 0 Å². The monoisotopic (exact) mass is 374 g/mol. The van der Waals surface area contributed by atoms with Gasteiger partial charge in [-0.2, -0.15) is 4.98 Å². The van der Waals surface area contributed by atoms with Crippen LogP contribution in [0.1, 0.15) is 10.4 Å². The fraction of sp³-hybridized carbons (Fsp3) is 0. The lowest BCUT2D eigenvalue weighted by atomic mass is 10.2. The Morgan fingerprint density at radius 1 is 0.963 bits per heavy atom. The third kappa shape index (κ3) is 3.83. The molecule has 4 aromatic rings. The van der Waals surface area contributed by atoms with Gasteiger partial charge >= 0.3 is 0 Å². The minimum Gasteiger partial charge on any atom is -0.434 e. The SMILES string of the molecule is O=C(NC(=S)Nc1ccc(-c2nc3ncccc3o2)cc1)c1ccccc1. The van der Waals surface area contributed by atoms with Gasteiger partial charge in [0.15, 0.2) is 16.3 Å². The molecule has 2 N–H and O–H groups in total. The van der Waals surface area contributed by atoms with E-state index in [2.05, 4.69) is 20.6 Å². The third-order valence-corrected chi connectivity index (χ3v) is 4.02. The van der Waals surface area contributed by atoms with E-state index in [0.29, 0.717) is 22.7 Å². The molecule has 7 heteroatoms. The van der Waals surface area contributed by atoms with Gasteiger partial charge in [-0.1, -0.05) is 18.2 Å². The van der Waals surface area contributed by atoms with Crippen molar-refractivity contribution < 1.29 is 9.21 Å². The summed E-state index contributed by atoms with van der Waals surface area (Å²) in [6.07, 6.45) is 1.67. The number of rotatable bonds is 3. The molecular weight excluding hydrogens is 360 g/mol. The maximum atomic E-state index is 12.1. The number of carbonyl (C=O) groups is 1. The van der Waals surface area contributed by atoms with E-state index in [1.54, 1.807) is 36.5 Å². The maximum absolute atomic E-state index is 12.1. The van der Waals surface area contributed by atoms with Crippen molar-refractivity contribution in [1.29, 1.82) is 0 Å². The molecule has 0 radical (unpaired) electrons. The molecule has 0 saturated carbocycles. The predicted octanol–water partition coefficient (Wildman–Crippen LogP) is 4.02. The van der Waals surface area contributed by atoms with Crippen molar-refractivity contribution in [2.75, 3.05) is 5.32 Å². The number of hydrogen-bond acceptors (Lipinski definition) is 5. The summed E-state index contributed by atoms with van der Waals surface area (Å²) in [6, 6.07) is 19.9. The number of thiocarbonyl (C=S) groups is 1. The average molecular weight is 374 g/mol. The molecule has 0 aliphatic rings. The first-order chi connectivity index (χ1) is 13.2. The number of hydrogen-bond donors (Lipinski definition) is 2. The summed E-state index contributed by atoms with van der Waals surface area (Å²) < 4.78 is 5.70. The Morgan fingerprint density at radius 2 is 1.74 bits per heavy atom. The van der Waals surface area contributed by atoms with Gasteiger partial charge < -0.3 is 9.73 Å². The Kier molecular flexibility index (Phi) is 4.59. The van der Waals surface area contributed by atoms with Crippen LogP contribution in [0.25, 0.3) is 22.7 Å². The first-order valence-electron chi connectivity index (χ1n) is 8.18. The number of anilines is 1. The van der Waals surface area contributed by atoms with Gasteiger partial charge in [0.2, 0.25) is 5.89 Å². The number of benzene rings is 2. The molecule has 0 saturated heterocycles. The number of carbonyl (C=O) groups excluding carboxylic acids is 1. The van der Waals surface area contributed by atoms with E-state index in [-0.39, 0.29) is 11.0 Å². The minimum atomic E-state index is -0.260. The molecule has 4 rings (SSSR count). The molecule has 0 bridgehead atoms. The highest BCUT2D eigenvalue weighted by atomic mass is 32.1. The maximum Gasteiger partial charge on any atom is 0.257 e. The molecule has 0 atom stereocenters. The lowest BCUT2D eigenvalue weighted by Gasteiger charge is -2.09. The van der Waals surface area contributed by atoms with Crippen molar-refractivity contribution >= 4 is 40.2 Å². The standard InChI is InChI=1S/C20H14N4O2S/c25-18(13-5-2-1-3-6-13)24-20(27)22-15-10-8-14(9-11-15)19-23-17-16(26-19)7-4-12-21-17/h1-12H,(H2,22,24,25,27). The van der Waals surface area contributed by atoms with E-state index in [1.807, 2.05) is 36.4 Å². The molecule has 2 aromatic carbocycles. The second kappa shape index (κ2) is 7.35. The molecule has 0 fully saturated rings. The van der Waals surface area contributed by atoms with Crippen LogP contribution in [0.3, 0.4) is 0 Å². The van der Waals surface area contributed by atoms with Gasteiger partial charge in [-0.25, -0.2) is 4.98 Å². The summed E-state index contributed by atoms with van der Waals surface area (Å²) in [5.41, 5.74) is 3.31. The first-order valence-corrected chi connectivity index (χ1v) is 8.59. The number of oxazole rings is 1. The zero-order chi connectivity index (χ0) is 18.6. The Bertz CT molecular complexity index is 1070. The number of pyridine rings is 1. The second-order valence-corrected chi connectivity index (χ2v) is 6.10. The van der Waals surface area contributed by atoms with Crippen LogP contribution in [0.2, 0.25) is 0 Å². The van der Waals surface area contributed by atoms with Crippen molar-refractivity contribution in [2.45, 2.75) is 0 Å². The van der Waals surface area contributed by atoms with Crippen LogP contribution in [-0.2, 0) is 0 Å². The summed E-state index contributed by atoms with van der Waals surface area (Å²) in [7, 11) is 0. The van der Waals surface area contributed by atoms with Gasteiger partial charge in [-0.15, -0.1) is 0 Å². The second-order valence-electron chi connectivity index (χ2n) is 5.70. The first kappa shape index (κ1) is 16.9. The van der Waals surface area contributed by atoms with Gasteiger partial charge in [0.25, 0.3) is 5.91 Å². The van der Waals surface area contributed by atoms with E-state index in [9.17, 15) is 4.79 Å². The van der Waals surface area contributed by atoms with E-state index >= 15 is 0 Å². The smallest absolute Gasteiger partial charge is 0.257 e. The Labute approximate surface area is 160 Å². The summed E-state index contributed by atoms with van der Waals surface area (Å²) in [5, 5.41) is 5.86. The number of nitrogens with one attached hydrogen (secondary N) is 2. The topological polar surface area (TPSA) is 80.0 Å². The molecule has 0 aliphatic carbocycles. The van der Waals surface area contributed by atoms with Gasteiger partial charge in [0.1, 0.15) is 0 Å². The Balaban J connectivity index is 1.43. The Morgan fingerprint density at radius 3 is 2.48 bits per heavy atom. The quantitative estimate of drug-likeness (QED) is 0.527. The zero-order valence-corrected chi connectivity index (χ0v) is 14.9. The van der Waals surface area contributed by atoms with Gasteiger partial charge in [-0.05, 0) is 60.7 Å². The van der Waals surface area contributed by atoms with E-state index < -0.39 is 0 Å². The number of nitrogens with zero attached hydrogens (tertiary/aromatic N) is 2. The number of aromatic nitrogens is 2. The molecule has 132 valence electrons. The molecule has 27 heavy (non-hydrogen) atoms. The molecule has 2 heterocycles. The highest BCUT2D eigenvalue weighted by Gasteiger charge is 2.10. The Hall–Kier alpha value is -3.58. The van der Waals surface area contributed by atoms with E-state index in [4.69, 9.17) is 16.6 Å². The molecule has 0 unspecified atom stereocenters. The fourth-order valence-corrected chi connectivity index (χ4v) is 2.73. The molecule has 1 amide bonds. The highest BCUT2D eigenvalue weighted by Crippen LogP contribution is 2.24. The molecule has 0 aliphatic heterocycles. The molecule has 2 aromatic heterocycles. The van der Waals surface area contributed by atoms with Gasteiger partial charge in [-0.3, -0.25) is 10.1 Å². The van der Waals surface area contributed by atoms with Crippen molar-refractivity contribution in [1.82, 2.24) is 15.3 Å². The van der Waals surface area contributed by atoms with Crippen LogP contribution in [0.5, 0.6) is 0 Å². The normalized spacial score (nSPS) is 10.5. The number of amides is 1. The van der Waals surface area contributed by atoms with Crippen LogP contribution in [0.4, 0.5) is 5.69 Å². The summed E-state index contributed by atoms with van der Waals surface area (Å²) >= 11 is 5.20. The van der Waals surface area contributed by atoms with Crippen LogP contribution in [0, 0.1) is 0 Å². The zero-order valence-electron chi connectivity index (χ0n) is 14.0. The summed E-state index contributed by atoms with van der Waals surface area (Å²) in [4.78, 5) is 20.6. The molecule has 6 nitrogen and oxygen atoms in total. The van der Waals surface area contributed by atoms with E-state index in [0.717, 1.165) is 11.3 Å². The fourth-order valence-electron chi connectivity index (χ4n) is 2.52. The molecule has 0 spiro atoms. The predicted molar refractivity (Wildman–Crippen MR) is 107 cm³/mol. The third-order valence-electron chi connectivity index (χ3n) is 3.82. The van der Waals surface area contributed by atoms with Crippen LogP contribution < -0.4 is 10.6 Å². The van der Waals surface area contributed by atoms with E-state index in [1.165, 1.54) is 0 Å². The van der Waals surface area contributed by atoms with Crippen molar-refractivity contribution in [2.24, 2.45) is 0 Å². The molecular formula is C20H14N4O2S. The van der Waals surface area contributed by atoms with Crippen LogP contribution in [0.15, 0.2) is 77.3 Å². The lowest BCUT2D eigenvalue weighted by molar-refractivity contribution is 0.0977. The minimum absolute atomic E-state index is 0.225. The lowest BCUT2D eigenvalue weighted by Crippen LogP contribution is -2.34. The van der Waals surface area contributed by atoms with Crippen LogP contribution >= 0.6 is 12.2 Å². The van der Waals surface area contributed by atoms with Gasteiger partial charge in [0.05, 0.1) is 0 Å². The van der Waals surface area contributed by atoms with Crippen LogP contribution in [-0.4, -0.2) is 21.0 Å². The number of fused-ring (bicyclic) bond motifs is 1. The summed E-state index contributed by atoms with van der Waals surface area (Å²) in [5.74, 6) is 0.235. The summed E-state index contributed by atoms with van der Waals surface area (Å²) in [6.45, 7) is 0. The van der Waals surface area contributed by atoms with Crippen molar-refractivity contribution in [3.8, 4) is 11.5 Å². The highest BCUT2D eigenvalue weighted by molar-refractivity contribution is 7.80. The largest absolute Gasteiger partial charge is 0.434 e. The van der Waals surface area contributed by atoms with Crippen molar-refractivity contribution in [3.05, 3.63) is 78.5 Å². The average Bonchev–Trinajstić information content (AvgIpc) is 3.13. The van der Waals surface area contributed by atoms with Gasteiger partial charge in [0, 0.05) is 23.0 Å².